The van der Waals surface area contributed by atoms with Crippen LogP contribution in [-0.4, -0.2) is 5.91 Å². The molecule has 92 valence electrons. The highest BCUT2D eigenvalue weighted by Crippen LogP contribution is 2.29. The zero-order valence-corrected chi connectivity index (χ0v) is 10.3. The molecule has 3 nitrogen and oxygen atoms in total. The van der Waals surface area contributed by atoms with Gasteiger partial charge in [-0.15, -0.1) is 0 Å². The molecule has 0 bridgehead atoms. The predicted molar refractivity (Wildman–Crippen MR) is 72.5 cm³/mol. The Hall–Kier alpha value is -2.60. The van der Waals surface area contributed by atoms with Crippen LogP contribution in [0, 0.1) is 11.3 Å². The number of carbonyl (C=O) groups excluding carboxylic acids is 1. The number of anilines is 1. The van der Waals surface area contributed by atoms with E-state index in [1.54, 1.807) is 11.0 Å². The number of rotatable bonds is 2. The Morgan fingerprint density at radius 1 is 1.16 bits per heavy atom. The molecule has 0 saturated carbocycles. The standard InChI is InChI=1S/C16H12N2O/c17-10-12-4-3-5-13(8-12)11-18-15-7-2-1-6-14(15)9-16(18)19/h1-8H,9,11H2. The van der Waals surface area contributed by atoms with Crippen LogP contribution >= 0.6 is 0 Å². The topological polar surface area (TPSA) is 44.1 Å². The number of carbonyl (C=O) groups is 1. The molecule has 0 atom stereocenters. The van der Waals surface area contributed by atoms with Crippen molar-refractivity contribution in [1.29, 1.82) is 5.26 Å². The van der Waals surface area contributed by atoms with Crippen molar-refractivity contribution in [2.45, 2.75) is 13.0 Å². The number of hydrogen-bond donors (Lipinski definition) is 0. The van der Waals surface area contributed by atoms with Gasteiger partial charge in [-0.3, -0.25) is 4.79 Å². The number of nitriles is 1. The van der Waals surface area contributed by atoms with Crippen LogP contribution in [0.1, 0.15) is 16.7 Å². The summed E-state index contributed by atoms with van der Waals surface area (Å²) in [4.78, 5) is 13.8. The first-order valence-corrected chi connectivity index (χ1v) is 6.15. The molecule has 0 spiro atoms. The number of amides is 1. The summed E-state index contributed by atoms with van der Waals surface area (Å²) in [6.45, 7) is 0.519. The maximum Gasteiger partial charge on any atom is 0.231 e. The van der Waals surface area contributed by atoms with E-state index < -0.39 is 0 Å². The molecule has 1 amide bonds. The van der Waals surface area contributed by atoms with Crippen LogP contribution < -0.4 is 4.90 Å². The highest BCUT2D eigenvalue weighted by Gasteiger charge is 2.26. The lowest BCUT2D eigenvalue weighted by Gasteiger charge is -2.17. The van der Waals surface area contributed by atoms with Gasteiger partial charge >= 0.3 is 0 Å². The first-order valence-electron chi connectivity index (χ1n) is 6.15. The van der Waals surface area contributed by atoms with E-state index in [-0.39, 0.29) is 5.91 Å². The first kappa shape index (κ1) is 11.5. The Kier molecular flexibility index (Phi) is 2.77. The average molecular weight is 248 g/mol. The molecule has 19 heavy (non-hydrogen) atoms. The molecule has 2 aromatic rings. The van der Waals surface area contributed by atoms with Crippen molar-refractivity contribution in [3.05, 3.63) is 65.2 Å². The highest BCUT2D eigenvalue weighted by atomic mass is 16.2. The summed E-state index contributed by atoms with van der Waals surface area (Å²) in [5.74, 6) is 0.114. The van der Waals surface area contributed by atoms with Gasteiger partial charge < -0.3 is 4.90 Å². The zero-order chi connectivity index (χ0) is 13.2. The second-order valence-electron chi connectivity index (χ2n) is 4.60. The molecule has 0 radical (unpaired) electrons. The number of fused-ring (bicyclic) bond motifs is 1. The molecule has 0 saturated heterocycles. The summed E-state index contributed by atoms with van der Waals surface area (Å²) >= 11 is 0. The van der Waals surface area contributed by atoms with Crippen molar-refractivity contribution in [2.75, 3.05) is 4.90 Å². The summed E-state index contributed by atoms with van der Waals surface area (Å²) in [7, 11) is 0. The summed E-state index contributed by atoms with van der Waals surface area (Å²) in [6, 6.07) is 17.3. The van der Waals surface area contributed by atoms with Crippen molar-refractivity contribution in [3.63, 3.8) is 0 Å². The molecule has 0 N–H and O–H groups in total. The molecule has 0 fully saturated rings. The van der Waals surface area contributed by atoms with E-state index in [2.05, 4.69) is 6.07 Å². The van der Waals surface area contributed by atoms with E-state index in [0.29, 0.717) is 18.5 Å². The molecule has 0 aliphatic carbocycles. The van der Waals surface area contributed by atoms with Gasteiger partial charge in [0.1, 0.15) is 0 Å². The minimum absolute atomic E-state index is 0.114. The molecule has 3 rings (SSSR count). The molecular formula is C16H12N2O. The lowest BCUT2D eigenvalue weighted by molar-refractivity contribution is -0.117. The third-order valence-electron chi connectivity index (χ3n) is 3.32. The van der Waals surface area contributed by atoms with E-state index in [9.17, 15) is 4.79 Å². The largest absolute Gasteiger partial charge is 0.307 e. The predicted octanol–water partition coefficient (Wildman–Crippen LogP) is 2.65. The molecule has 0 unspecified atom stereocenters. The summed E-state index contributed by atoms with van der Waals surface area (Å²) in [5, 5.41) is 8.90. The van der Waals surface area contributed by atoms with Gasteiger partial charge in [-0.2, -0.15) is 5.26 Å². The lowest BCUT2D eigenvalue weighted by Crippen LogP contribution is -2.25. The number of benzene rings is 2. The lowest BCUT2D eigenvalue weighted by atomic mass is 10.1. The second-order valence-corrected chi connectivity index (χ2v) is 4.60. The molecule has 3 heteroatoms. The van der Waals surface area contributed by atoms with Gasteiger partial charge in [0.25, 0.3) is 0 Å². The van der Waals surface area contributed by atoms with Crippen LogP contribution in [0.5, 0.6) is 0 Å². The van der Waals surface area contributed by atoms with Crippen molar-refractivity contribution in [3.8, 4) is 6.07 Å². The van der Waals surface area contributed by atoms with E-state index >= 15 is 0 Å². The van der Waals surface area contributed by atoms with Crippen LogP contribution in [0.15, 0.2) is 48.5 Å². The van der Waals surface area contributed by atoms with Crippen LogP contribution in [0.3, 0.4) is 0 Å². The Balaban J connectivity index is 1.91. The van der Waals surface area contributed by atoms with Gasteiger partial charge in [-0.05, 0) is 29.3 Å². The van der Waals surface area contributed by atoms with Crippen molar-refractivity contribution in [2.24, 2.45) is 0 Å². The van der Waals surface area contributed by atoms with Crippen molar-refractivity contribution < 1.29 is 4.79 Å². The minimum atomic E-state index is 0.114. The summed E-state index contributed by atoms with van der Waals surface area (Å²) in [6.07, 6.45) is 0.466. The monoisotopic (exact) mass is 248 g/mol. The van der Waals surface area contributed by atoms with Crippen LogP contribution in [-0.2, 0) is 17.8 Å². The summed E-state index contributed by atoms with van der Waals surface area (Å²) < 4.78 is 0. The highest BCUT2D eigenvalue weighted by molar-refractivity contribution is 6.01. The molecule has 1 aliphatic rings. The van der Waals surface area contributed by atoms with Crippen molar-refractivity contribution in [1.82, 2.24) is 0 Å². The Bertz CT molecular complexity index is 685. The van der Waals surface area contributed by atoms with Gasteiger partial charge in [-0.1, -0.05) is 30.3 Å². The number of para-hydroxylation sites is 1. The molecule has 0 aromatic heterocycles. The molecule has 1 heterocycles. The third-order valence-corrected chi connectivity index (χ3v) is 3.32. The van der Waals surface area contributed by atoms with Crippen molar-refractivity contribution >= 4 is 11.6 Å². The Labute approximate surface area is 111 Å². The Morgan fingerprint density at radius 3 is 2.84 bits per heavy atom. The SMILES string of the molecule is N#Cc1cccc(CN2C(=O)Cc3ccccc32)c1. The maximum atomic E-state index is 12.1. The fourth-order valence-corrected chi connectivity index (χ4v) is 2.41. The van der Waals surface area contributed by atoms with Gasteiger partial charge in [0.05, 0.1) is 24.6 Å². The molecule has 2 aromatic carbocycles. The van der Waals surface area contributed by atoms with Gasteiger partial charge in [0, 0.05) is 5.69 Å². The average Bonchev–Trinajstić information content (AvgIpc) is 2.76. The fourth-order valence-electron chi connectivity index (χ4n) is 2.41. The van der Waals surface area contributed by atoms with Gasteiger partial charge in [0.15, 0.2) is 0 Å². The second kappa shape index (κ2) is 4.58. The van der Waals surface area contributed by atoms with Crippen LogP contribution in [0.2, 0.25) is 0 Å². The maximum absolute atomic E-state index is 12.1. The molecule has 1 aliphatic heterocycles. The normalized spacial score (nSPS) is 13.2. The first-order chi connectivity index (χ1) is 9.28. The van der Waals surface area contributed by atoms with E-state index in [1.165, 1.54) is 0 Å². The van der Waals surface area contributed by atoms with Gasteiger partial charge in [0.2, 0.25) is 5.91 Å². The zero-order valence-electron chi connectivity index (χ0n) is 10.3. The van der Waals surface area contributed by atoms with E-state index in [1.807, 2.05) is 42.5 Å². The number of nitrogens with zero attached hydrogens (tertiary/aromatic N) is 2. The van der Waals surface area contributed by atoms with E-state index in [0.717, 1.165) is 16.8 Å². The third kappa shape index (κ3) is 2.09. The smallest absolute Gasteiger partial charge is 0.231 e. The van der Waals surface area contributed by atoms with E-state index in [4.69, 9.17) is 5.26 Å². The molecular weight excluding hydrogens is 236 g/mol. The van der Waals surface area contributed by atoms with Gasteiger partial charge in [-0.25, -0.2) is 0 Å². The fraction of sp³-hybridized carbons (Fsp3) is 0.125. The minimum Gasteiger partial charge on any atom is -0.307 e. The van der Waals surface area contributed by atoms with Crippen LogP contribution in [0.4, 0.5) is 5.69 Å². The summed E-state index contributed by atoms with van der Waals surface area (Å²) in [5.41, 5.74) is 3.65. The number of hydrogen-bond acceptors (Lipinski definition) is 2. The quantitative estimate of drug-likeness (QED) is 0.820. The Morgan fingerprint density at radius 2 is 2.00 bits per heavy atom. The van der Waals surface area contributed by atoms with Crippen LogP contribution in [0.25, 0.3) is 0 Å².